The van der Waals surface area contributed by atoms with Crippen molar-refractivity contribution in [2.75, 3.05) is 0 Å². The molecular weight excluding hydrogens is 576 g/mol. The summed E-state index contributed by atoms with van der Waals surface area (Å²) in [4.78, 5) is 4.72. The maximum atomic E-state index is 6.52. The molecule has 0 aliphatic heterocycles. The molecule has 7 aromatic rings. The molecule has 0 saturated carbocycles. The second-order valence-electron chi connectivity index (χ2n) is 13.4. The van der Waals surface area contributed by atoms with Gasteiger partial charge in [-0.1, -0.05) is 52.0 Å². The molecule has 236 valence electrons. The van der Waals surface area contributed by atoms with Gasteiger partial charge in [-0.25, -0.2) is 9.67 Å². The van der Waals surface area contributed by atoms with Crippen LogP contribution in [0.3, 0.4) is 0 Å². The van der Waals surface area contributed by atoms with Gasteiger partial charge in [0, 0.05) is 40.9 Å². The van der Waals surface area contributed by atoms with Gasteiger partial charge in [-0.15, -0.1) is 0 Å². The smallest absolute Gasteiger partial charge is 0.137 e. The van der Waals surface area contributed by atoms with Crippen molar-refractivity contribution < 1.29 is 4.74 Å². The Kier molecular flexibility index (Phi) is 7.71. The second kappa shape index (κ2) is 11.9. The molecule has 0 atom stereocenters. The van der Waals surface area contributed by atoms with Crippen LogP contribution in [0.1, 0.15) is 72.9 Å². The van der Waals surface area contributed by atoms with Crippen LogP contribution in [0, 0.1) is 27.7 Å². The van der Waals surface area contributed by atoms with Gasteiger partial charge in [-0.2, -0.15) is 5.10 Å². The highest BCUT2D eigenvalue weighted by Crippen LogP contribution is 2.42. The van der Waals surface area contributed by atoms with Crippen LogP contribution in [0.5, 0.6) is 11.5 Å². The van der Waals surface area contributed by atoms with Crippen molar-refractivity contribution >= 4 is 21.8 Å². The maximum Gasteiger partial charge on any atom is 0.137 e. The number of aromatic nitrogens is 4. The lowest BCUT2D eigenvalue weighted by Gasteiger charge is -2.26. The second-order valence-corrected chi connectivity index (χ2v) is 13.4. The molecule has 0 amide bonds. The monoisotopic (exact) mass is 618 g/mol. The number of rotatable bonds is 7. The van der Waals surface area contributed by atoms with E-state index in [1.807, 2.05) is 41.3 Å². The first-order chi connectivity index (χ1) is 22.6. The minimum absolute atomic E-state index is 0.402. The van der Waals surface area contributed by atoms with E-state index in [0.29, 0.717) is 11.8 Å². The average molecular weight is 619 g/mol. The first-order valence-corrected chi connectivity index (χ1v) is 16.6. The fourth-order valence-electron chi connectivity index (χ4n) is 7.28. The summed E-state index contributed by atoms with van der Waals surface area (Å²) in [6.07, 6.45) is 6.05. The van der Waals surface area contributed by atoms with Crippen LogP contribution >= 0.6 is 0 Å². The predicted molar refractivity (Wildman–Crippen MR) is 195 cm³/mol. The largest absolute Gasteiger partial charge is 0.457 e. The number of nitrogens with zero attached hydrogens (tertiary/aromatic N) is 4. The van der Waals surface area contributed by atoms with Gasteiger partial charge in [0.1, 0.15) is 17.3 Å². The molecule has 0 N–H and O–H groups in total. The molecule has 0 saturated heterocycles. The van der Waals surface area contributed by atoms with Gasteiger partial charge in [0.05, 0.1) is 22.9 Å². The van der Waals surface area contributed by atoms with Crippen LogP contribution in [0.15, 0.2) is 97.5 Å². The van der Waals surface area contributed by atoms with Crippen LogP contribution in [-0.4, -0.2) is 19.3 Å². The third-order valence-electron chi connectivity index (χ3n) is 9.59. The summed E-state index contributed by atoms with van der Waals surface area (Å²) in [7, 11) is 0. The van der Waals surface area contributed by atoms with Gasteiger partial charge < -0.3 is 4.74 Å². The highest BCUT2D eigenvalue weighted by molar-refractivity contribution is 6.09. The number of benzene rings is 4. The molecule has 0 aliphatic carbocycles. The zero-order valence-electron chi connectivity index (χ0n) is 28.6. The molecule has 3 heterocycles. The van der Waals surface area contributed by atoms with E-state index in [-0.39, 0.29) is 0 Å². The predicted octanol–water partition coefficient (Wildman–Crippen LogP) is 11.3. The summed E-state index contributed by atoms with van der Waals surface area (Å²) in [6, 6.07) is 27.1. The summed E-state index contributed by atoms with van der Waals surface area (Å²) in [5, 5.41) is 7.21. The molecule has 0 fully saturated rings. The Bertz CT molecular complexity index is 2250. The van der Waals surface area contributed by atoms with Crippen molar-refractivity contribution in [1.29, 1.82) is 0 Å². The molecule has 4 aromatic carbocycles. The van der Waals surface area contributed by atoms with Crippen molar-refractivity contribution in [3.63, 3.8) is 0 Å². The van der Waals surface area contributed by atoms with Crippen molar-refractivity contribution in [3.8, 4) is 34.1 Å². The van der Waals surface area contributed by atoms with Crippen LogP contribution in [0.25, 0.3) is 44.4 Å². The lowest BCUT2D eigenvalue weighted by Crippen LogP contribution is -2.08. The van der Waals surface area contributed by atoms with Crippen molar-refractivity contribution in [3.05, 3.63) is 131 Å². The Morgan fingerprint density at radius 1 is 0.660 bits per heavy atom. The van der Waals surface area contributed by atoms with E-state index in [0.717, 1.165) is 45.0 Å². The lowest BCUT2D eigenvalue weighted by molar-refractivity contribution is 0.483. The third kappa shape index (κ3) is 5.30. The van der Waals surface area contributed by atoms with Gasteiger partial charge in [0.2, 0.25) is 0 Å². The number of fused-ring (bicyclic) bond motifs is 3. The molecule has 5 nitrogen and oxygen atoms in total. The molecule has 3 aromatic heterocycles. The van der Waals surface area contributed by atoms with Gasteiger partial charge in [0.15, 0.2) is 0 Å². The van der Waals surface area contributed by atoms with Crippen molar-refractivity contribution in [2.45, 2.75) is 67.2 Å². The highest BCUT2D eigenvalue weighted by atomic mass is 16.5. The zero-order valence-corrected chi connectivity index (χ0v) is 28.6. The molecule has 47 heavy (non-hydrogen) atoms. The Hall–Kier alpha value is -5.16. The van der Waals surface area contributed by atoms with Gasteiger partial charge in [0.25, 0.3) is 0 Å². The molecule has 7 rings (SSSR count). The maximum absolute atomic E-state index is 6.52. The normalized spacial score (nSPS) is 11.8. The zero-order chi connectivity index (χ0) is 33.0. The molecule has 5 heteroatoms. The van der Waals surface area contributed by atoms with Crippen LogP contribution < -0.4 is 4.74 Å². The van der Waals surface area contributed by atoms with E-state index in [1.54, 1.807) is 0 Å². The van der Waals surface area contributed by atoms with E-state index < -0.39 is 0 Å². The molecular formula is C42H42N4O. The summed E-state index contributed by atoms with van der Waals surface area (Å²) < 4.78 is 10.7. The van der Waals surface area contributed by atoms with Crippen molar-refractivity contribution in [1.82, 2.24) is 19.3 Å². The van der Waals surface area contributed by atoms with Gasteiger partial charge >= 0.3 is 0 Å². The Morgan fingerprint density at radius 2 is 1.36 bits per heavy atom. The van der Waals surface area contributed by atoms with Crippen LogP contribution in [-0.2, 0) is 0 Å². The number of hydrogen-bond acceptors (Lipinski definition) is 3. The quantitative estimate of drug-likeness (QED) is 0.178. The number of ether oxygens (including phenoxy) is 1. The highest BCUT2D eigenvalue weighted by Gasteiger charge is 2.23. The number of pyridine rings is 1. The molecule has 0 radical (unpaired) electrons. The Morgan fingerprint density at radius 3 is 2.09 bits per heavy atom. The standard InChI is InChI=1S/C42H42N4O/c1-25(2)40-29(7)28(6)30(8)41(26(3)4)42(40)31-23-44-45(24-31)32-12-11-13-33(21-32)47-34-16-17-36-35-14-9-10-15-37(35)46(38(36)22-34)39-20-27(5)18-19-43-39/h9-26H,1-8H3. The lowest BCUT2D eigenvalue weighted by atomic mass is 9.78. The fraction of sp³-hybridized carbons (Fsp3) is 0.238. The minimum atomic E-state index is 0.402. The van der Waals surface area contributed by atoms with Gasteiger partial charge in [-0.3, -0.25) is 4.57 Å². The minimum Gasteiger partial charge on any atom is -0.457 e. The summed E-state index contributed by atoms with van der Waals surface area (Å²) >= 11 is 0. The Labute approximate surface area is 277 Å². The van der Waals surface area contributed by atoms with E-state index in [1.165, 1.54) is 44.3 Å². The molecule has 0 unspecified atom stereocenters. The summed E-state index contributed by atoms with van der Waals surface area (Å²) in [6.45, 7) is 18.1. The first kappa shape index (κ1) is 30.5. The molecule has 0 spiro atoms. The van der Waals surface area contributed by atoms with E-state index in [2.05, 4.69) is 121 Å². The van der Waals surface area contributed by atoms with Crippen molar-refractivity contribution in [2.24, 2.45) is 0 Å². The van der Waals surface area contributed by atoms with Crippen LogP contribution in [0.2, 0.25) is 0 Å². The number of hydrogen-bond donors (Lipinski definition) is 0. The molecule has 0 bridgehead atoms. The Balaban J connectivity index is 1.27. The number of para-hydroxylation sites is 1. The summed E-state index contributed by atoms with van der Waals surface area (Å²) in [5.41, 5.74) is 13.8. The molecule has 0 aliphatic rings. The third-order valence-corrected chi connectivity index (χ3v) is 9.59. The first-order valence-electron chi connectivity index (χ1n) is 16.6. The van der Waals surface area contributed by atoms with E-state index in [9.17, 15) is 0 Å². The SMILES string of the molecule is Cc1ccnc(-n2c3ccccc3c3ccc(Oc4cccc(-n5cc(-c6c(C(C)C)c(C)c(C)c(C)c6C(C)C)cn5)c4)cc32)c1. The average Bonchev–Trinajstić information content (AvgIpc) is 3.66. The van der Waals surface area contributed by atoms with Gasteiger partial charge in [-0.05, 0) is 121 Å². The fourth-order valence-corrected chi connectivity index (χ4v) is 7.28. The number of aryl methyl sites for hydroxylation is 1. The summed E-state index contributed by atoms with van der Waals surface area (Å²) in [5.74, 6) is 3.22. The van der Waals surface area contributed by atoms with E-state index in [4.69, 9.17) is 14.8 Å². The topological polar surface area (TPSA) is 44.9 Å². The van der Waals surface area contributed by atoms with Crippen LogP contribution in [0.4, 0.5) is 0 Å². The van der Waals surface area contributed by atoms with E-state index >= 15 is 0 Å².